The number of hydrogen-bond acceptors (Lipinski definition) is 4. The van der Waals surface area contributed by atoms with Crippen molar-refractivity contribution in [1.29, 1.82) is 0 Å². The van der Waals surface area contributed by atoms with E-state index in [4.69, 9.17) is 0 Å². The maximum absolute atomic E-state index is 12.6. The van der Waals surface area contributed by atoms with Crippen molar-refractivity contribution in [2.75, 3.05) is 39.3 Å². The first-order chi connectivity index (χ1) is 12.1. The van der Waals surface area contributed by atoms with Crippen LogP contribution in [0, 0.1) is 5.92 Å². The minimum Gasteiger partial charge on any atom is -0.357 e. The third-order valence-electron chi connectivity index (χ3n) is 3.85. The summed E-state index contributed by atoms with van der Waals surface area (Å²) in [6.07, 6.45) is 0.647. The molecule has 160 valence electrons. The highest BCUT2D eigenvalue weighted by atomic mass is 127. The standard InChI is InChI=1S/C14H26F3N5O3S.HI/c1-3-18-13(20-7-6-19-11(2)23)21-10-12-4-8-22(9-5-12)26(24,25)14(15,16)17;/h12H,3-10H2,1-2H3,(H,19,23)(H2,18,20,21);1H. The van der Waals surface area contributed by atoms with Crippen molar-refractivity contribution in [3.05, 3.63) is 0 Å². The van der Waals surface area contributed by atoms with Crippen LogP contribution < -0.4 is 16.0 Å². The maximum atomic E-state index is 12.6. The molecule has 1 heterocycles. The summed E-state index contributed by atoms with van der Waals surface area (Å²) < 4.78 is 60.9. The van der Waals surface area contributed by atoms with Crippen LogP contribution >= 0.6 is 24.0 Å². The number of hydrogen-bond donors (Lipinski definition) is 3. The van der Waals surface area contributed by atoms with E-state index in [0.717, 1.165) is 0 Å². The number of rotatable bonds is 7. The summed E-state index contributed by atoms with van der Waals surface area (Å²) in [5.74, 6) is 0.429. The molecule has 1 fully saturated rings. The minimum absolute atomic E-state index is 0. The molecule has 0 atom stereocenters. The molecular formula is C14H27F3IN5O3S. The van der Waals surface area contributed by atoms with Gasteiger partial charge < -0.3 is 16.0 Å². The highest BCUT2D eigenvalue weighted by molar-refractivity contribution is 14.0. The van der Waals surface area contributed by atoms with E-state index < -0.39 is 15.5 Å². The van der Waals surface area contributed by atoms with E-state index in [2.05, 4.69) is 20.9 Å². The van der Waals surface area contributed by atoms with Crippen LogP contribution in [0.3, 0.4) is 0 Å². The Kier molecular flexibility index (Phi) is 11.5. The Morgan fingerprint density at radius 2 is 1.70 bits per heavy atom. The Bertz CT molecular complexity index is 593. The van der Waals surface area contributed by atoms with E-state index in [-0.39, 0.29) is 48.9 Å². The number of nitrogens with one attached hydrogen (secondary N) is 3. The molecule has 0 aromatic heterocycles. The molecule has 27 heavy (non-hydrogen) atoms. The average molecular weight is 529 g/mol. The molecule has 0 aromatic rings. The number of halogens is 4. The number of sulfonamides is 1. The first-order valence-electron chi connectivity index (χ1n) is 8.41. The summed E-state index contributed by atoms with van der Waals surface area (Å²) in [5.41, 5.74) is -5.26. The SMILES string of the molecule is CCNC(=NCC1CCN(S(=O)(=O)C(F)(F)F)CC1)NCCNC(C)=O.I. The summed E-state index contributed by atoms with van der Waals surface area (Å²) in [6, 6.07) is 0. The van der Waals surface area contributed by atoms with E-state index in [0.29, 0.717) is 49.3 Å². The molecule has 8 nitrogen and oxygen atoms in total. The van der Waals surface area contributed by atoms with Gasteiger partial charge >= 0.3 is 15.5 Å². The van der Waals surface area contributed by atoms with E-state index in [1.807, 2.05) is 6.92 Å². The van der Waals surface area contributed by atoms with Gasteiger partial charge in [-0.15, -0.1) is 24.0 Å². The molecule has 0 bridgehead atoms. The molecule has 0 aliphatic carbocycles. The van der Waals surface area contributed by atoms with Crippen LogP contribution in [0.1, 0.15) is 26.7 Å². The molecule has 0 unspecified atom stereocenters. The number of amides is 1. The lowest BCUT2D eigenvalue weighted by Crippen LogP contribution is -2.45. The second-order valence-electron chi connectivity index (χ2n) is 5.92. The van der Waals surface area contributed by atoms with Gasteiger partial charge in [0.2, 0.25) is 5.91 Å². The summed E-state index contributed by atoms with van der Waals surface area (Å²) >= 11 is 0. The molecule has 0 saturated carbocycles. The zero-order valence-corrected chi connectivity index (χ0v) is 18.5. The first kappa shape index (κ1) is 26.2. The number of piperidine rings is 1. The van der Waals surface area contributed by atoms with Gasteiger partial charge in [-0.05, 0) is 25.7 Å². The lowest BCUT2D eigenvalue weighted by Gasteiger charge is -2.30. The van der Waals surface area contributed by atoms with Crippen LogP contribution in [0.4, 0.5) is 13.2 Å². The Balaban J connectivity index is 0.00000676. The average Bonchev–Trinajstić information content (AvgIpc) is 2.55. The predicted octanol–water partition coefficient (Wildman–Crippen LogP) is 0.857. The smallest absolute Gasteiger partial charge is 0.357 e. The Morgan fingerprint density at radius 3 is 2.19 bits per heavy atom. The van der Waals surface area contributed by atoms with Crippen molar-refractivity contribution >= 4 is 45.9 Å². The monoisotopic (exact) mass is 529 g/mol. The van der Waals surface area contributed by atoms with Gasteiger partial charge in [0, 0.05) is 46.2 Å². The van der Waals surface area contributed by atoms with Gasteiger partial charge in [0.25, 0.3) is 0 Å². The number of nitrogens with zero attached hydrogens (tertiary/aromatic N) is 2. The highest BCUT2D eigenvalue weighted by Crippen LogP contribution is 2.30. The van der Waals surface area contributed by atoms with Crippen LogP contribution in [-0.4, -0.2) is 69.4 Å². The Hall–Kier alpha value is -0.830. The Labute approximate surface area is 174 Å². The molecular weight excluding hydrogens is 502 g/mol. The van der Waals surface area contributed by atoms with Crippen molar-refractivity contribution in [3.63, 3.8) is 0 Å². The van der Waals surface area contributed by atoms with E-state index in [1.165, 1.54) is 6.92 Å². The summed E-state index contributed by atoms with van der Waals surface area (Å²) in [7, 11) is -5.25. The lowest BCUT2D eigenvalue weighted by molar-refractivity contribution is -0.118. The van der Waals surface area contributed by atoms with E-state index >= 15 is 0 Å². The second kappa shape index (κ2) is 11.9. The molecule has 0 spiro atoms. The molecule has 1 rings (SSSR count). The van der Waals surface area contributed by atoms with Gasteiger partial charge in [-0.1, -0.05) is 0 Å². The van der Waals surface area contributed by atoms with Crippen molar-refractivity contribution in [2.24, 2.45) is 10.9 Å². The van der Waals surface area contributed by atoms with Crippen LogP contribution in [-0.2, 0) is 14.8 Å². The minimum atomic E-state index is -5.26. The summed E-state index contributed by atoms with van der Waals surface area (Å²) in [6.45, 7) is 4.93. The van der Waals surface area contributed by atoms with Gasteiger partial charge in [-0.2, -0.15) is 17.5 Å². The molecule has 0 aromatic carbocycles. The molecule has 0 radical (unpaired) electrons. The number of guanidine groups is 1. The number of alkyl halides is 3. The molecule has 1 aliphatic rings. The van der Waals surface area contributed by atoms with Crippen LogP contribution in [0.2, 0.25) is 0 Å². The van der Waals surface area contributed by atoms with E-state index in [1.54, 1.807) is 0 Å². The third-order valence-corrected chi connectivity index (χ3v) is 5.48. The largest absolute Gasteiger partial charge is 0.511 e. The normalized spacial score (nSPS) is 17.1. The maximum Gasteiger partial charge on any atom is 0.511 e. The topological polar surface area (TPSA) is 103 Å². The fraction of sp³-hybridized carbons (Fsp3) is 0.857. The van der Waals surface area contributed by atoms with Crippen molar-refractivity contribution in [2.45, 2.75) is 32.2 Å². The van der Waals surface area contributed by atoms with Crippen molar-refractivity contribution < 1.29 is 26.4 Å². The quantitative estimate of drug-likeness (QED) is 0.197. The molecule has 13 heteroatoms. The lowest BCUT2D eigenvalue weighted by atomic mass is 9.98. The van der Waals surface area contributed by atoms with Gasteiger partial charge in [0.15, 0.2) is 5.96 Å². The number of carbonyl (C=O) groups is 1. The zero-order valence-electron chi connectivity index (χ0n) is 15.3. The zero-order chi connectivity index (χ0) is 19.8. The number of carbonyl (C=O) groups excluding carboxylic acids is 1. The summed E-state index contributed by atoms with van der Waals surface area (Å²) in [4.78, 5) is 15.2. The first-order valence-corrected chi connectivity index (χ1v) is 9.85. The van der Waals surface area contributed by atoms with Gasteiger partial charge in [0.05, 0.1) is 0 Å². The van der Waals surface area contributed by atoms with Gasteiger partial charge in [-0.3, -0.25) is 9.79 Å². The highest BCUT2D eigenvalue weighted by Gasteiger charge is 2.50. The third kappa shape index (κ3) is 8.81. The molecule has 1 aliphatic heterocycles. The molecule has 1 saturated heterocycles. The van der Waals surface area contributed by atoms with Crippen LogP contribution in [0.25, 0.3) is 0 Å². The van der Waals surface area contributed by atoms with E-state index in [9.17, 15) is 26.4 Å². The van der Waals surface area contributed by atoms with Gasteiger partial charge in [0.1, 0.15) is 0 Å². The van der Waals surface area contributed by atoms with Crippen LogP contribution in [0.5, 0.6) is 0 Å². The Morgan fingerprint density at radius 1 is 1.15 bits per heavy atom. The van der Waals surface area contributed by atoms with Crippen molar-refractivity contribution in [1.82, 2.24) is 20.3 Å². The number of aliphatic imine (C=N–C) groups is 1. The van der Waals surface area contributed by atoms with Crippen molar-refractivity contribution in [3.8, 4) is 0 Å². The fourth-order valence-corrected chi connectivity index (χ4v) is 3.44. The molecule has 3 N–H and O–H groups in total. The fourth-order valence-electron chi connectivity index (χ4n) is 2.46. The predicted molar refractivity (Wildman–Crippen MR) is 107 cm³/mol. The second-order valence-corrected chi connectivity index (χ2v) is 7.85. The molecule has 1 amide bonds. The summed E-state index contributed by atoms with van der Waals surface area (Å²) in [5, 5.41) is 8.71. The van der Waals surface area contributed by atoms with Crippen LogP contribution in [0.15, 0.2) is 4.99 Å². The van der Waals surface area contributed by atoms with Gasteiger partial charge in [-0.25, -0.2) is 8.42 Å².